The van der Waals surface area contributed by atoms with Gasteiger partial charge >= 0.3 is 6.18 Å². The van der Waals surface area contributed by atoms with E-state index in [2.05, 4.69) is 13.0 Å². The summed E-state index contributed by atoms with van der Waals surface area (Å²) in [7, 11) is 0. The van der Waals surface area contributed by atoms with Crippen LogP contribution in [0.5, 0.6) is 0 Å². The largest absolute Gasteiger partial charge is 0.416 e. The Hall–Kier alpha value is -1.00. The first-order valence-corrected chi connectivity index (χ1v) is 10.1. The summed E-state index contributed by atoms with van der Waals surface area (Å²) >= 11 is 8.47. The Morgan fingerprint density at radius 1 is 1.12 bits per heavy atom. The third kappa shape index (κ3) is 4.22. The van der Waals surface area contributed by atoms with Gasteiger partial charge in [-0.05, 0) is 54.5 Å². The molecule has 0 bridgehead atoms. The van der Waals surface area contributed by atoms with Crippen LogP contribution in [0.2, 0.25) is 0 Å². The molecule has 0 aliphatic heterocycles. The van der Waals surface area contributed by atoms with Crippen LogP contribution < -0.4 is 0 Å². The Morgan fingerprint density at radius 2 is 1.76 bits per heavy atom. The third-order valence-corrected chi connectivity index (χ3v) is 6.96. The molecular formula is C20H22ClF3S. The Morgan fingerprint density at radius 3 is 2.32 bits per heavy atom. The van der Waals surface area contributed by atoms with Crippen molar-refractivity contribution in [2.75, 3.05) is 0 Å². The summed E-state index contributed by atoms with van der Waals surface area (Å²) in [6.07, 6.45) is 2.72. The van der Waals surface area contributed by atoms with Gasteiger partial charge in [0.2, 0.25) is 0 Å². The van der Waals surface area contributed by atoms with Crippen molar-refractivity contribution in [3.63, 3.8) is 0 Å². The van der Waals surface area contributed by atoms with E-state index >= 15 is 0 Å². The van der Waals surface area contributed by atoms with E-state index in [9.17, 15) is 13.2 Å². The molecule has 1 unspecified atom stereocenters. The molecule has 1 aromatic heterocycles. The zero-order chi connectivity index (χ0) is 18.0. The molecular weight excluding hydrogens is 365 g/mol. The van der Waals surface area contributed by atoms with Crippen LogP contribution in [0, 0.1) is 5.92 Å². The van der Waals surface area contributed by atoms with E-state index in [1.165, 1.54) is 42.5 Å². The summed E-state index contributed by atoms with van der Waals surface area (Å²) in [5.41, 5.74) is 1.39. The molecule has 1 aliphatic rings. The van der Waals surface area contributed by atoms with Crippen molar-refractivity contribution in [2.24, 2.45) is 5.92 Å². The van der Waals surface area contributed by atoms with E-state index in [1.54, 1.807) is 23.5 Å². The first kappa shape index (κ1) is 18.8. The lowest BCUT2D eigenvalue weighted by atomic mass is 9.84. The van der Waals surface area contributed by atoms with Crippen molar-refractivity contribution >= 4 is 22.9 Å². The molecule has 3 rings (SSSR count). The van der Waals surface area contributed by atoms with Gasteiger partial charge in [-0.15, -0.1) is 22.9 Å². The van der Waals surface area contributed by atoms with Gasteiger partial charge in [0.15, 0.2) is 0 Å². The Labute approximate surface area is 156 Å². The predicted molar refractivity (Wildman–Crippen MR) is 99.3 cm³/mol. The summed E-state index contributed by atoms with van der Waals surface area (Å²) in [6, 6.07) is 7.52. The monoisotopic (exact) mass is 386 g/mol. The van der Waals surface area contributed by atoms with Crippen molar-refractivity contribution < 1.29 is 13.2 Å². The fourth-order valence-electron chi connectivity index (χ4n) is 3.60. The number of hydrogen-bond acceptors (Lipinski definition) is 1. The highest BCUT2D eigenvalue weighted by Gasteiger charge is 2.30. The molecule has 1 fully saturated rings. The van der Waals surface area contributed by atoms with Gasteiger partial charge < -0.3 is 0 Å². The van der Waals surface area contributed by atoms with Gasteiger partial charge in [-0.25, -0.2) is 0 Å². The molecule has 0 spiro atoms. The maximum absolute atomic E-state index is 12.7. The SMILES string of the molecule is CCc1sc(-c2ccc(C(F)(F)F)cc2)cc1C(Cl)C1CCCCC1. The minimum absolute atomic E-state index is 0.00898. The molecule has 5 heteroatoms. The van der Waals surface area contributed by atoms with Crippen molar-refractivity contribution in [3.05, 3.63) is 46.3 Å². The average molecular weight is 387 g/mol. The topological polar surface area (TPSA) is 0 Å². The smallest absolute Gasteiger partial charge is 0.166 e. The molecule has 0 N–H and O–H groups in total. The zero-order valence-electron chi connectivity index (χ0n) is 14.2. The van der Waals surface area contributed by atoms with Gasteiger partial charge in [0.1, 0.15) is 0 Å². The highest BCUT2D eigenvalue weighted by atomic mass is 35.5. The molecule has 0 nitrogen and oxygen atoms in total. The number of thiophene rings is 1. The zero-order valence-corrected chi connectivity index (χ0v) is 15.8. The number of alkyl halides is 4. The van der Waals surface area contributed by atoms with E-state index < -0.39 is 11.7 Å². The second kappa shape index (κ2) is 7.71. The quantitative estimate of drug-likeness (QED) is 0.469. The van der Waals surface area contributed by atoms with Crippen LogP contribution in [-0.4, -0.2) is 0 Å². The normalized spacial score (nSPS) is 17.6. The Kier molecular flexibility index (Phi) is 5.79. The number of benzene rings is 1. The summed E-state index contributed by atoms with van der Waals surface area (Å²) in [6.45, 7) is 2.11. The van der Waals surface area contributed by atoms with Crippen molar-refractivity contribution in [2.45, 2.75) is 57.0 Å². The van der Waals surface area contributed by atoms with Crippen LogP contribution >= 0.6 is 22.9 Å². The van der Waals surface area contributed by atoms with Crippen LogP contribution in [0.25, 0.3) is 10.4 Å². The van der Waals surface area contributed by atoms with Crippen LogP contribution in [0.3, 0.4) is 0 Å². The number of rotatable bonds is 4. The average Bonchev–Trinajstić information content (AvgIpc) is 3.05. The first-order valence-electron chi connectivity index (χ1n) is 8.84. The molecule has 2 aromatic rings. The molecule has 1 aromatic carbocycles. The molecule has 1 heterocycles. The Balaban J connectivity index is 1.87. The molecule has 0 radical (unpaired) electrons. The molecule has 25 heavy (non-hydrogen) atoms. The molecule has 0 saturated heterocycles. The second-order valence-corrected chi connectivity index (χ2v) is 8.32. The minimum Gasteiger partial charge on any atom is -0.166 e. The fourth-order valence-corrected chi connectivity index (χ4v) is 5.26. The van der Waals surface area contributed by atoms with Crippen LogP contribution in [0.4, 0.5) is 13.2 Å². The van der Waals surface area contributed by atoms with Gasteiger partial charge in [0.25, 0.3) is 0 Å². The lowest BCUT2D eigenvalue weighted by Gasteiger charge is -2.26. The van der Waals surface area contributed by atoms with Crippen molar-refractivity contribution in [3.8, 4) is 10.4 Å². The van der Waals surface area contributed by atoms with Gasteiger partial charge in [-0.2, -0.15) is 13.2 Å². The maximum atomic E-state index is 12.7. The van der Waals surface area contributed by atoms with E-state index in [0.717, 1.165) is 29.0 Å². The van der Waals surface area contributed by atoms with Crippen LogP contribution in [0.15, 0.2) is 30.3 Å². The van der Waals surface area contributed by atoms with Gasteiger partial charge in [-0.3, -0.25) is 0 Å². The van der Waals surface area contributed by atoms with Crippen molar-refractivity contribution in [1.82, 2.24) is 0 Å². The molecule has 1 atom stereocenters. The standard InChI is InChI=1S/C20H22ClF3S/c1-2-17-16(19(21)14-6-4-3-5-7-14)12-18(25-17)13-8-10-15(11-9-13)20(22,23)24/h8-12,14,19H,2-7H2,1H3. The number of aryl methyl sites for hydroxylation is 1. The van der Waals surface area contributed by atoms with E-state index in [-0.39, 0.29) is 5.38 Å². The third-order valence-electron chi connectivity index (χ3n) is 5.02. The summed E-state index contributed by atoms with van der Waals surface area (Å²) < 4.78 is 38.2. The lowest BCUT2D eigenvalue weighted by molar-refractivity contribution is -0.137. The molecule has 1 saturated carbocycles. The Bertz CT molecular complexity index is 697. The van der Waals surface area contributed by atoms with Crippen LogP contribution in [-0.2, 0) is 12.6 Å². The number of halogens is 4. The van der Waals surface area contributed by atoms with Gasteiger partial charge in [-0.1, -0.05) is 38.3 Å². The summed E-state index contributed by atoms with van der Waals surface area (Å²) in [5, 5.41) is 0.00898. The second-order valence-electron chi connectivity index (χ2n) is 6.72. The summed E-state index contributed by atoms with van der Waals surface area (Å²) in [4.78, 5) is 2.25. The highest BCUT2D eigenvalue weighted by molar-refractivity contribution is 7.15. The number of hydrogen-bond donors (Lipinski definition) is 0. The van der Waals surface area contributed by atoms with Crippen LogP contribution in [0.1, 0.15) is 60.4 Å². The minimum atomic E-state index is -4.30. The predicted octanol–water partition coefficient (Wildman–Crippen LogP) is 7.86. The fraction of sp³-hybridized carbons (Fsp3) is 0.500. The van der Waals surface area contributed by atoms with E-state index in [1.807, 2.05) is 0 Å². The summed E-state index contributed by atoms with van der Waals surface area (Å²) in [5.74, 6) is 0.510. The van der Waals surface area contributed by atoms with Gasteiger partial charge in [0, 0.05) is 9.75 Å². The molecule has 1 aliphatic carbocycles. The van der Waals surface area contributed by atoms with Crippen molar-refractivity contribution in [1.29, 1.82) is 0 Å². The van der Waals surface area contributed by atoms with Gasteiger partial charge in [0.05, 0.1) is 10.9 Å². The lowest BCUT2D eigenvalue weighted by Crippen LogP contribution is -2.12. The van der Waals surface area contributed by atoms with E-state index in [4.69, 9.17) is 11.6 Å². The van der Waals surface area contributed by atoms with E-state index in [0.29, 0.717) is 5.92 Å². The maximum Gasteiger partial charge on any atom is 0.416 e. The highest BCUT2D eigenvalue weighted by Crippen LogP contribution is 2.44. The molecule has 136 valence electrons. The first-order chi connectivity index (χ1) is 11.9. The molecule has 0 amide bonds.